The molecule has 0 aromatic heterocycles. The van der Waals surface area contributed by atoms with E-state index >= 15 is 0 Å². The molecule has 3 nitrogen and oxygen atoms in total. The van der Waals surface area contributed by atoms with Gasteiger partial charge in [0.2, 0.25) is 0 Å². The summed E-state index contributed by atoms with van der Waals surface area (Å²) in [6, 6.07) is 0.176. The Morgan fingerprint density at radius 3 is 2.58 bits per heavy atom. The monoisotopic (exact) mass is 171 g/mol. The molecule has 12 heavy (non-hydrogen) atoms. The molecule has 0 unspecified atom stereocenters. The summed E-state index contributed by atoms with van der Waals surface area (Å²) in [4.78, 5) is 1.98. The number of hydrogen-bond donors (Lipinski definition) is 2. The molecule has 4 heteroatoms. The van der Waals surface area contributed by atoms with Crippen molar-refractivity contribution < 1.29 is 10.1 Å². The summed E-state index contributed by atoms with van der Waals surface area (Å²) in [6.45, 7) is 5.02. The van der Waals surface area contributed by atoms with Crippen LogP contribution in [-0.4, -0.2) is 41.2 Å². The van der Waals surface area contributed by atoms with E-state index in [9.17, 15) is 5.02 Å². The highest BCUT2D eigenvalue weighted by molar-refractivity contribution is 6.45. The third kappa shape index (κ3) is 2.00. The zero-order valence-corrected chi connectivity index (χ0v) is 7.90. The first-order valence-corrected chi connectivity index (χ1v) is 4.73. The van der Waals surface area contributed by atoms with E-state index in [-0.39, 0.29) is 12.6 Å². The SMILES string of the molecule is CC[C@@H]1C[C@@H](CO)N(B(C)O)C1. The average Bonchev–Trinajstić information content (AvgIpc) is 2.47. The van der Waals surface area contributed by atoms with Gasteiger partial charge in [0.05, 0.1) is 6.61 Å². The molecule has 70 valence electrons. The van der Waals surface area contributed by atoms with Crippen molar-refractivity contribution in [3.63, 3.8) is 0 Å². The minimum atomic E-state index is -0.418. The Labute approximate surface area is 74.5 Å². The van der Waals surface area contributed by atoms with Crippen LogP contribution in [0.3, 0.4) is 0 Å². The van der Waals surface area contributed by atoms with Gasteiger partial charge in [0.1, 0.15) is 0 Å². The van der Waals surface area contributed by atoms with E-state index in [0.29, 0.717) is 5.92 Å². The van der Waals surface area contributed by atoms with E-state index in [0.717, 1.165) is 19.4 Å². The van der Waals surface area contributed by atoms with Gasteiger partial charge in [-0.05, 0) is 25.7 Å². The van der Waals surface area contributed by atoms with E-state index in [1.807, 2.05) is 4.81 Å². The number of rotatable bonds is 3. The predicted octanol–water partition coefficient (Wildman–Crippen LogP) is 0.189. The lowest BCUT2D eigenvalue weighted by Crippen LogP contribution is -2.42. The topological polar surface area (TPSA) is 43.7 Å². The molecule has 0 aromatic carbocycles. The molecule has 0 saturated carbocycles. The fraction of sp³-hybridized carbons (Fsp3) is 1.00. The third-order valence-electron chi connectivity index (χ3n) is 2.81. The molecule has 2 N–H and O–H groups in total. The summed E-state index contributed by atoms with van der Waals surface area (Å²) in [7, 11) is -0.418. The van der Waals surface area contributed by atoms with Crippen LogP contribution < -0.4 is 0 Å². The molecule has 0 aliphatic carbocycles. The quantitative estimate of drug-likeness (QED) is 0.595. The second-order valence-electron chi connectivity index (χ2n) is 3.68. The van der Waals surface area contributed by atoms with Crippen LogP contribution in [0.1, 0.15) is 19.8 Å². The van der Waals surface area contributed by atoms with Gasteiger partial charge < -0.3 is 14.9 Å². The molecule has 1 fully saturated rings. The molecule has 1 saturated heterocycles. The van der Waals surface area contributed by atoms with Gasteiger partial charge >= 0.3 is 7.05 Å². The van der Waals surface area contributed by atoms with Crippen molar-refractivity contribution >= 4 is 7.05 Å². The summed E-state index contributed by atoms with van der Waals surface area (Å²) in [6.07, 6.45) is 2.16. The minimum Gasteiger partial charge on any atom is -0.437 e. The highest BCUT2D eigenvalue weighted by Gasteiger charge is 2.34. The van der Waals surface area contributed by atoms with Crippen LogP contribution >= 0.6 is 0 Å². The highest BCUT2D eigenvalue weighted by Crippen LogP contribution is 2.25. The average molecular weight is 171 g/mol. The summed E-state index contributed by atoms with van der Waals surface area (Å²) in [5.41, 5.74) is 0. The normalized spacial score (nSPS) is 31.0. The molecule has 0 aromatic rings. The summed E-state index contributed by atoms with van der Waals surface area (Å²) in [5.74, 6) is 0.650. The van der Waals surface area contributed by atoms with Crippen molar-refractivity contribution in [2.45, 2.75) is 32.6 Å². The van der Waals surface area contributed by atoms with Gasteiger partial charge in [-0.15, -0.1) is 0 Å². The lowest BCUT2D eigenvalue weighted by Gasteiger charge is -2.22. The first kappa shape index (κ1) is 10.0. The van der Waals surface area contributed by atoms with Gasteiger partial charge in [-0.3, -0.25) is 0 Å². The highest BCUT2D eigenvalue weighted by atomic mass is 16.3. The largest absolute Gasteiger partial charge is 0.437 e. The third-order valence-corrected chi connectivity index (χ3v) is 2.81. The van der Waals surface area contributed by atoms with Crippen LogP contribution in [-0.2, 0) is 0 Å². The fourth-order valence-electron chi connectivity index (χ4n) is 1.97. The maximum atomic E-state index is 9.38. The second-order valence-corrected chi connectivity index (χ2v) is 3.68. The minimum absolute atomic E-state index is 0.168. The van der Waals surface area contributed by atoms with Crippen molar-refractivity contribution in [1.82, 2.24) is 4.81 Å². The number of aliphatic hydroxyl groups is 1. The van der Waals surface area contributed by atoms with Gasteiger partial charge in [0, 0.05) is 6.04 Å². The van der Waals surface area contributed by atoms with Gasteiger partial charge in [0.25, 0.3) is 0 Å². The van der Waals surface area contributed by atoms with Crippen LogP contribution in [0.5, 0.6) is 0 Å². The Bertz CT molecular complexity index is 143. The zero-order chi connectivity index (χ0) is 9.14. The first-order valence-electron chi connectivity index (χ1n) is 4.73. The molecule has 0 amide bonds. The Balaban J connectivity index is 2.50. The number of aliphatic hydroxyl groups excluding tert-OH is 1. The van der Waals surface area contributed by atoms with Crippen LogP contribution in [0, 0.1) is 5.92 Å². The van der Waals surface area contributed by atoms with Crippen LogP contribution in [0.4, 0.5) is 0 Å². The predicted molar refractivity (Wildman–Crippen MR) is 49.8 cm³/mol. The number of hydrogen-bond acceptors (Lipinski definition) is 3. The molecule has 1 heterocycles. The van der Waals surface area contributed by atoms with Crippen molar-refractivity contribution in [2.75, 3.05) is 13.2 Å². The van der Waals surface area contributed by atoms with Gasteiger partial charge in [0.15, 0.2) is 0 Å². The van der Waals surface area contributed by atoms with E-state index in [2.05, 4.69) is 6.92 Å². The Hall–Kier alpha value is -0.0551. The summed E-state index contributed by atoms with van der Waals surface area (Å²) in [5, 5.41) is 18.4. The van der Waals surface area contributed by atoms with Crippen molar-refractivity contribution in [3.8, 4) is 0 Å². The lowest BCUT2D eigenvalue weighted by molar-refractivity contribution is 0.202. The van der Waals surface area contributed by atoms with Gasteiger partial charge in [-0.25, -0.2) is 0 Å². The second kappa shape index (κ2) is 4.26. The fourth-order valence-corrected chi connectivity index (χ4v) is 1.97. The standard InChI is InChI=1S/C8H18BNO2/c1-3-7-4-8(6-11)10(5-7)9(2)12/h7-8,11-12H,3-6H2,1-2H3/t7-,8+/m1/s1. The van der Waals surface area contributed by atoms with E-state index in [4.69, 9.17) is 5.11 Å². The van der Waals surface area contributed by atoms with Crippen LogP contribution in [0.2, 0.25) is 6.82 Å². The summed E-state index contributed by atoms with van der Waals surface area (Å²) >= 11 is 0. The molecule has 2 atom stereocenters. The Kier molecular flexibility index (Phi) is 3.56. The molecule has 1 aliphatic heterocycles. The van der Waals surface area contributed by atoms with Crippen LogP contribution in [0.15, 0.2) is 0 Å². The van der Waals surface area contributed by atoms with Gasteiger partial charge in [-0.1, -0.05) is 13.3 Å². The van der Waals surface area contributed by atoms with Crippen molar-refractivity contribution in [2.24, 2.45) is 5.92 Å². The zero-order valence-electron chi connectivity index (χ0n) is 7.90. The van der Waals surface area contributed by atoms with E-state index in [1.54, 1.807) is 6.82 Å². The molecular weight excluding hydrogens is 153 g/mol. The molecule has 0 bridgehead atoms. The molecule has 0 spiro atoms. The summed E-state index contributed by atoms with van der Waals surface area (Å²) < 4.78 is 0. The van der Waals surface area contributed by atoms with Gasteiger partial charge in [-0.2, -0.15) is 0 Å². The van der Waals surface area contributed by atoms with E-state index in [1.165, 1.54) is 0 Å². The molecule has 0 radical (unpaired) electrons. The van der Waals surface area contributed by atoms with Crippen molar-refractivity contribution in [1.29, 1.82) is 0 Å². The molecular formula is C8H18BNO2. The smallest absolute Gasteiger partial charge is 0.376 e. The molecule has 1 aliphatic rings. The van der Waals surface area contributed by atoms with E-state index < -0.39 is 7.05 Å². The molecule has 1 rings (SSSR count). The van der Waals surface area contributed by atoms with Crippen molar-refractivity contribution in [3.05, 3.63) is 0 Å². The Morgan fingerprint density at radius 1 is 1.58 bits per heavy atom. The lowest BCUT2D eigenvalue weighted by atomic mass is 9.84. The maximum absolute atomic E-state index is 9.38. The first-order chi connectivity index (χ1) is 5.69. The Morgan fingerprint density at radius 2 is 2.25 bits per heavy atom. The van der Waals surface area contributed by atoms with Crippen LogP contribution in [0.25, 0.3) is 0 Å². The maximum Gasteiger partial charge on any atom is 0.376 e. The number of nitrogens with zero attached hydrogens (tertiary/aromatic N) is 1.